The van der Waals surface area contributed by atoms with E-state index in [1.165, 1.54) is 0 Å². The van der Waals surface area contributed by atoms with Gasteiger partial charge in [-0.2, -0.15) is 5.26 Å². The van der Waals surface area contributed by atoms with E-state index in [4.69, 9.17) is 5.26 Å². The maximum atomic E-state index is 8.68. The lowest BCUT2D eigenvalue weighted by molar-refractivity contribution is 1.26. The van der Waals surface area contributed by atoms with E-state index >= 15 is 0 Å². The number of benzene rings is 1. The van der Waals surface area contributed by atoms with Crippen LogP contribution in [0.5, 0.6) is 0 Å². The van der Waals surface area contributed by atoms with Crippen LogP contribution in [0.4, 0.5) is 0 Å². The van der Waals surface area contributed by atoms with E-state index in [1.807, 2.05) is 48.7 Å². The Kier molecular flexibility index (Phi) is 3.70. The molecule has 2 aromatic heterocycles. The fourth-order valence-corrected chi connectivity index (χ4v) is 2.16. The molecule has 0 radical (unpaired) electrons. The molecule has 0 atom stereocenters. The van der Waals surface area contributed by atoms with Crippen LogP contribution in [0.15, 0.2) is 67.1 Å². The highest BCUT2D eigenvalue weighted by molar-refractivity contribution is 5.66. The SMILES string of the molecule is N#CCc1ccc(-c2ccc(-c3ccncc3)nc2)cc1. The lowest BCUT2D eigenvalue weighted by Gasteiger charge is -2.04. The monoisotopic (exact) mass is 271 g/mol. The van der Waals surface area contributed by atoms with Crippen molar-refractivity contribution < 1.29 is 0 Å². The third-order valence-corrected chi connectivity index (χ3v) is 3.31. The van der Waals surface area contributed by atoms with Crippen molar-refractivity contribution in [3.8, 4) is 28.5 Å². The van der Waals surface area contributed by atoms with Crippen LogP contribution >= 0.6 is 0 Å². The van der Waals surface area contributed by atoms with E-state index in [9.17, 15) is 0 Å². The molecule has 0 aliphatic carbocycles. The van der Waals surface area contributed by atoms with Gasteiger partial charge in [-0.25, -0.2) is 0 Å². The average molecular weight is 271 g/mol. The van der Waals surface area contributed by atoms with Gasteiger partial charge in [0, 0.05) is 29.7 Å². The molecule has 0 amide bonds. The van der Waals surface area contributed by atoms with Crippen molar-refractivity contribution in [2.45, 2.75) is 6.42 Å². The normalized spacial score (nSPS) is 10.0. The second kappa shape index (κ2) is 5.98. The van der Waals surface area contributed by atoms with Crippen molar-refractivity contribution in [2.75, 3.05) is 0 Å². The molecule has 3 rings (SSSR count). The third-order valence-electron chi connectivity index (χ3n) is 3.31. The van der Waals surface area contributed by atoms with Crippen LogP contribution < -0.4 is 0 Å². The number of hydrogen-bond donors (Lipinski definition) is 0. The van der Waals surface area contributed by atoms with Crippen molar-refractivity contribution in [3.63, 3.8) is 0 Å². The average Bonchev–Trinajstić information content (AvgIpc) is 2.57. The second-order valence-electron chi connectivity index (χ2n) is 4.70. The Hall–Kier alpha value is -2.99. The van der Waals surface area contributed by atoms with E-state index in [0.29, 0.717) is 6.42 Å². The number of pyridine rings is 2. The summed E-state index contributed by atoms with van der Waals surface area (Å²) in [6.07, 6.45) is 5.84. The van der Waals surface area contributed by atoms with Gasteiger partial charge in [-0.3, -0.25) is 9.97 Å². The first-order chi connectivity index (χ1) is 10.4. The Morgan fingerprint density at radius 3 is 2.14 bits per heavy atom. The van der Waals surface area contributed by atoms with Gasteiger partial charge in [0.05, 0.1) is 18.2 Å². The lowest BCUT2D eigenvalue weighted by atomic mass is 10.0. The predicted octanol–water partition coefficient (Wildman–Crippen LogP) is 3.88. The van der Waals surface area contributed by atoms with Gasteiger partial charge < -0.3 is 0 Å². The molecule has 100 valence electrons. The van der Waals surface area contributed by atoms with E-state index in [2.05, 4.69) is 22.1 Å². The summed E-state index contributed by atoms with van der Waals surface area (Å²) in [5.74, 6) is 0. The van der Waals surface area contributed by atoms with Crippen molar-refractivity contribution in [1.82, 2.24) is 9.97 Å². The maximum absolute atomic E-state index is 8.68. The van der Waals surface area contributed by atoms with Crippen LogP contribution in [0.1, 0.15) is 5.56 Å². The fourth-order valence-electron chi connectivity index (χ4n) is 2.16. The predicted molar refractivity (Wildman–Crippen MR) is 82.2 cm³/mol. The lowest BCUT2D eigenvalue weighted by Crippen LogP contribution is -1.86. The summed E-state index contributed by atoms with van der Waals surface area (Å²) >= 11 is 0. The van der Waals surface area contributed by atoms with Crippen LogP contribution in [0.25, 0.3) is 22.4 Å². The minimum Gasteiger partial charge on any atom is -0.265 e. The molecule has 1 aromatic carbocycles. The van der Waals surface area contributed by atoms with Crippen molar-refractivity contribution in [3.05, 3.63) is 72.7 Å². The highest BCUT2D eigenvalue weighted by atomic mass is 14.7. The standard InChI is InChI=1S/C18H13N3/c19-10-7-14-1-3-15(4-2-14)17-5-6-18(21-13-17)16-8-11-20-12-9-16/h1-6,8-9,11-13H,7H2. The number of nitriles is 1. The highest BCUT2D eigenvalue weighted by Gasteiger charge is 2.01. The van der Waals surface area contributed by atoms with Crippen LogP contribution in [0.2, 0.25) is 0 Å². The molecule has 0 N–H and O–H groups in total. The first-order valence-electron chi connectivity index (χ1n) is 6.69. The largest absolute Gasteiger partial charge is 0.265 e. The Labute approximate surface area is 123 Å². The molecule has 3 heteroatoms. The van der Waals surface area contributed by atoms with Gasteiger partial charge in [0.2, 0.25) is 0 Å². The summed E-state index contributed by atoms with van der Waals surface area (Å²) < 4.78 is 0. The van der Waals surface area contributed by atoms with Gasteiger partial charge in [0.25, 0.3) is 0 Å². The van der Waals surface area contributed by atoms with Crippen LogP contribution in [-0.4, -0.2) is 9.97 Å². The minimum atomic E-state index is 0.444. The third kappa shape index (κ3) is 2.96. The molecule has 0 spiro atoms. The molecular weight excluding hydrogens is 258 g/mol. The number of nitrogens with zero attached hydrogens (tertiary/aromatic N) is 3. The Bertz CT molecular complexity index is 754. The van der Waals surface area contributed by atoms with E-state index in [-0.39, 0.29) is 0 Å². The number of aromatic nitrogens is 2. The molecule has 0 aliphatic rings. The molecule has 21 heavy (non-hydrogen) atoms. The summed E-state index contributed by atoms with van der Waals surface area (Å²) in [5, 5.41) is 8.68. The smallest absolute Gasteiger partial charge is 0.0703 e. The topological polar surface area (TPSA) is 49.6 Å². The molecule has 0 saturated heterocycles. The summed E-state index contributed by atoms with van der Waals surface area (Å²) in [6.45, 7) is 0. The van der Waals surface area contributed by atoms with Crippen molar-refractivity contribution >= 4 is 0 Å². The van der Waals surface area contributed by atoms with Crippen LogP contribution in [0.3, 0.4) is 0 Å². The Morgan fingerprint density at radius 1 is 0.810 bits per heavy atom. The summed E-state index contributed by atoms with van der Waals surface area (Å²) in [4.78, 5) is 8.51. The van der Waals surface area contributed by atoms with Crippen molar-refractivity contribution in [1.29, 1.82) is 5.26 Å². The fraction of sp³-hybridized carbons (Fsp3) is 0.0556. The molecule has 3 aromatic rings. The zero-order chi connectivity index (χ0) is 14.5. The zero-order valence-corrected chi connectivity index (χ0v) is 11.4. The molecule has 0 bridgehead atoms. The van der Waals surface area contributed by atoms with Gasteiger partial charge in [-0.15, -0.1) is 0 Å². The summed E-state index contributed by atoms with van der Waals surface area (Å²) in [5.41, 5.74) is 5.19. The Balaban J connectivity index is 1.86. The van der Waals surface area contributed by atoms with Gasteiger partial charge in [0.15, 0.2) is 0 Å². The second-order valence-corrected chi connectivity index (χ2v) is 4.70. The van der Waals surface area contributed by atoms with Gasteiger partial charge in [-0.05, 0) is 29.3 Å². The van der Waals surface area contributed by atoms with Gasteiger partial charge >= 0.3 is 0 Å². The van der Waals surface area contributed by atoms with Gasteiger partial charge in [-0.1, -0.05) is 30.3 Å². The summed E-state index contributed by atoms with van der Waals surface area (Å²) in [6, 6.07) is 18.1. The molecular formula is C18H13N3. The molecule has 2 heterocycles. The molecule has 0 unspecified atom stereocenters. The molecule has 0 aliphatic heterocycles. The molecule has 0 fully saturated rings. The summed E-state index contributed by atoms with van der Waals surface area (Å²) in [7, 11) is 0. The number of rotatable bonds is 3. The first kappa shape index (κ1) is 13.0. The molecule has 0 saturated carbocycles. The highest BCUT2D eigenvalue weighted by Crippen LogP contribution is 2.22. The molecule has 3 nitrogen and oxygen atoms in total. The van der Waals surface area contributed by atoms with E-state index in [1.54, 1.807) is 12.4 Å². The quantitative estimate of drug-likeness (QED) is 0.726. The van der Waals surface area contributed by atoms with Crippen LogP contribution in [-0.2, 0) is 6.42 Å². The van der Waals surface area contributed by atoms with Gasteiger partial charge in [0.1, 0.15) is 0 Å². The minimum absolute atomic E-state index is 0.444. The van der Waals surface area contributed by atoms with E-state index in [0.717, 1.165) is 27.9 Å². The zero-order valence-electron chi connectivity index (χ0n) is 11.4. The van der Waals surface area contributed by atoms with Crippen LogP contribution in [0, 0.1) is 11.3 Å². The number of hydrogen-bond acceptors (Lipinski definition) is 3. The Morgan fingerprint density at radius 2 is 1.52 bits per heavy atom. The maximum Gasteiger partial charge on any atom is 0.0703 e. The van der Waals surface area contributed by atoms with E-state index < -0.39 is 0 Å². The van der Waals surface area contributed by atoms with Crippen molar-refractivity contribution in [2.24, 2.45) is 0 Å². The first-order valence-corrected chi connectivity index (χ1v) is 6.69.